The summed E-state index contributed by atoms with van der Waals surface area (Å²) in [7, 11) is 0. The summed E-state index contributed by atoms with van der Waals surface area (Å²) in [5.41, 5.74) is 8.39. The highest BCUT2D eigenvalue weighted by Crippen LogP contribution is 2.22. The summed E-state index contributed by atoms with van der Waals surface area (Å²) in [5.74, 6) is -0.452. The van der Waals surface area contributed by atoms with Gasteiger partial charge in [0.15, 0.2) is 0 Å². The number of nitriles is 1. The smallest absolute Gasteiger partial charge is 0.145 e. The Hall–Kier alpha value is -2.64. The lowest BCUT2D eigenvalue weighted by Crippen LogP contribution is -2.05. The number of benzene rings is 2. The van der Waals surface area contributed by atoms with Crippen molar-refractivity contribution < 1.29 is 4.39 Å². The number of para-hydroxylation sites is 1. The van der Waals surface area contributed by atoms with Crippen molar-refractivity contribution in [1.82, 2.24) is 4.57 Å². The van der Waals surface area contributed by atoms with Crippen LogP contribution in [0.25, 0.3) is 10.9 Å². The van der Waals surface area contributed by atoms with Crippen molar-refractivity contribution in [3.63, 3.8) is 0 Å². The van der Waals surface area contributed by atoms with E-state index in [-0.39, 0.29) is 5.56 Å². The van der Waals surface area contributed by atoms with E-state index in [0.717, 1.165) is 16.5 Å². The van der Waals surface area contributed by atoms with Gasteiger partial charge < -0.3 is 10.3 Å². The van der Waals surface area contributed by atoms with Crippen LogP contribution in [0, 0.1) is 17.1 Å². The van der Waals surface area contributed by atoms with Gasteiger partial charge in [-0.1, -0.05) is 30.3 Å². The van der Waals surface area contributed by atoms with Crippen LogP contribution in [0.5, 0.6) is 0 Å². The van der Waals surface area contributed by atoms with E-state index in [4.69, 9.17) is 11.0 Å². The monoisotopic (exact) mass is 279 g/mol. The van der Waals surface area contributed by atoms with Crippen LogP contribution in [0.2, 0.25) is 0 Å². The van der Waals surface area contributed by atoms with Gasteiger partial charge in [0.25, 0.3) is 0 Å². The summed E-state index contributed by atoms with van der Waals surface area (Å²) >= 11 is 0. The highest BCUT2D eigenvalue weighted by molar-refractivity contribution is 5.83. The Morgan fingerprint density at radius 3 is 2.62 bits per heavy atom. The van der Waals surface area contributed by atoms with Gasteiger partial charge in [0.2, 0.25) is 0 Å². The first-order valence-corrected chi connectivity index (χ1v) is 6.69. The van der Waals surface area contributed by atoms with Crippen molar-refractivity contribution in [3.05, 3.63) is 71.2 Å². The zero-order chi connectivity index (χ0) is 14.8. The third kappa shape index (κ3) is 2.28. The van der Waals surface area contributed by atoms with Gasteiger partial charge in [-0.05, 0) is 23.1 Å². The van der Waals surface area contributed by atoms with E-state index in [1.807, 2.05) is 41.1 Å². The lowest BCUT2D eigenvalue weighted by molar-refractivity contribution is 0.598. The van der Waals surface area contributed by atoms with E-state index in [1.165, 1.54) is 6.07 Å². The van der Waals surface area contributed by atoms with Gasteiger partial charge in [0, 0.05) is 18.3 Å². The summed E-state index contributed by atoms with van der Waals surface area (Å²) in [6.07, 6.45) is 1.92. The molecule has 0 radical (unpaired) electrons. The minimum absolute atomic E-state index is 0.0722. The third-order valence-electron chi connectivity index (χ3n) is 3.63. The molecule has 2 aromatic carbocycles. The number of aromatic nitrogens is 1. The van der Waals surface area contributed by atoms with Crippen LogP contribution in [0.3, 0.4) is 0 Å². The molecule has 3 rings (SSSR count). The Bertz CT molecular complexity index is 843. The normalized spacial score (nSPS) is 10.7. The Labute approximate surface area is 122 Å². The molecule has 104 valence electrons. The van der Waals surface area contributed by atoms with Gasteiger partial charge in [0.1, 0.15) is 11.9 Å². The number of fused-ring (bicyclic) bond motifs is 1. The molecule has 0 amide bonds. The van der Waals surface area contributed by atoms with Gasteiger partial charge in [0.05, 0.1) is 17.6 Å². The van der Waals surface area contributed by atoms with Gasteiger partial charge >= 0.3 is 0 Å². The molecule has 0 aliphatic heterocycles. The Balaban J connectivity index is 2.09. The zero-order valence-corrected chi connectivity index (χ0v) is 11.4. The van der Waals surface area contributed by atoms with E-state index in [2.05, 4.69) is 0 Å². The summed E-state index contributed by atoms with van der Waals surface area (Å²) in [6.45, 7) is 0.809. The molecule has 0 fully saturated rings. The maximum absolute atomic E-state index is 14.2. The molecule has 0 aliphatic carbocycles. The number of nitrogens with zero attached hydrogens (tertiary/aromatic N) is 2. The minimum Gasteiger partial charge on any atom is -0.343 e. The second-order valence-corrected chi connectivity index (χ2v) is 4.89. The molecule has 1 heterocycles. The zero-order valence-electron chi connectivity index (χ0n) is 11.4. The fourth-order valence-corrected chi connectivity index (χ4v) is 2.61. The number of nitrogens with two attached hydrogens (primary N) is 1. The highest BCUT2D eigenvalue weighted by atomic mass is 19.1. The van der Waals surface area contributed by atoms with Crippen molar-refractivity contribution in [2.24, 2.45) is 5.73 Å². The predicted octanol–water partition coefficient (Wildman–Crippen LogP) is 3.16. The minimum atomic E-state index is -0.452. The van der Waals surface area contributed by atoms with Crippen LogP contribution in [-0.4, -0.2) is 4.57 Å². The van der Waals surface area contributed by atoms with Crippen LogP contribution in [-0.2, 0) is 13.1 Å². The van der Waals surface area contributed by atoms with Crippen molar-refractivity contribution in [1.29, 1.82) is 5.26 Å². The molecule has 0 saturated carbocycles. The van der Waals surface area contributed by atoms with Crippen LogP contribution in [0.15, 0.2) is 48.7 Å². The van der Waals surface area contributed by atoms with Gasteiger partial charge in [-0.3, -0.25) is 0 Å². The lowest BCUT2D eigenvalue weighted by Gasteiger charge is -2.10. The molecule has 3 nitrogen and oxygen atoms in total. The molecule has 0 unspecified atom stereocenters. The van der Waals surface area contributed by atoms with Crippen LogP contribution in [0.4, 0.5) is 4.39 Å². The molecule has 4 heteroatoms. The average molecular weight is 279 g/mol. The molecule has 0 bridgehead atoms. The Kier molecular flexibility index (Phi) is 3.43. The molecular weight excluding hydrogens is 265 g/mol. The Morgan fingerprint density at radius 2 is 1.86 bits per heavy atom. The largest absolute Gasteiger partial charge is 0.343 e. The quantitative estimate of drug-likeness (QED) is 0.800. The van der Waals surface area contributed by atoms with E-state index in [1.54, 1.807) is 12.1 Å². The summed E-state index contributed by atoms with van der Waals surface area (Å²) in [4.78, 5) is 0. The number of rotatable bonds is 3. The fraction of sp³-hybridized carbons (Fsp3) is 0.118. The van der Waals surface area contributed by atoms with Crippen LogP contribution >= 0.6 is 0 Å². The summed E-state index contributed by atoms with van der Waals surface area (Å²) in [6, 6.07) is 14.7. The second-order valence-electron chi connectivity index (χ2n) is 4.89. The first-order chi connectivity index (χ1) is 10.2. The van der Waals surface area contributed by atoms with Gasteiger partial charge in [-0.2, -0.15) is 5.26 Å². The number of hydrogen-bond acceptors (Lipinski definition) is 2. The van der Waals surface area contributed by atoms with Crippen molar-refractivity contribution in [3.8, 4) is 6.07 Å². The predicted molar refractivity (Wildman–Crippen MR) is 80.0 cm³/mol. The molecule has 0 spiro atoms. The van der Waals surface area contributed by atoms with Crippen LogP contribution in [0.1, 0.15) is 16.7 Å². The highest BCUT2D eigenvalue weighted by Gasteiger charge is 2.11. The lowest BCUT2D eigenvalue weighted by atomic mass is 10.1. The van der Waals surface area contributed by atoms with Crippen LogP contribution < -0.4 is 5.73 Å². The van der Waals surface area contributed by atoms with E-state index >= 15 is 0 Å². The number of halogens is 1. The molecular formula is C17H14FN3. The van der Waals surface area contributed by atoms with E-state index in [9.17, 15) is 4.39 Å². The maximum atomic E-state index is 14.2. The topological polar surface area (TPSA) is 54.7 Å². The van der Waals surface area contributed by atoms with Gasteiger partial charge in [-0.25, -0.2) is 4.39 Å². The first-order valence-electron chi connectivity index (χ1n) is 6.69. The SMILES string of the molecule is N#Cc1cccc(Cn2ccc3cccc(CN)c32)c1F. The van der Waals surface area contributed by atoms with E-state index < -0.39 is 5.82 Å². The second kappa shape index (κ2) is 5.39. The van der Waals surface area contributed by atoms with Crippen molar-refractivity contribution >= 4 is 10.9 Å². The maximum Gasteiger partial charge on any atom is 0.145 e. The van der Waals surface area contributed by atoms with Gasteiger partial charge in [-0.15, -0.1) is 0 Å². The standard InChI is InChI=1S/C17H14FN3/c18-16-13(9-19)4-2-6-15(16)11-21-8-7-12-3-1-5-14(10-20)17(12)21/h1-8H,10-11,20H2. The summed E-state index contributed by atoms with van der Waals surface area (Å²) < 4.78 is 16.2. The third-order valence-corrected chi connectivity index (χ3v) is 3.63. The molecule has 2 N–H and O–H groups in total. The molecule has 0 saturated heterocycles. The molecule has 3 aromatic rings. The fourth-order valence-electron chi connectivity index (χ4n) is 2.61. The molecule has 21 heavy (non-hydrogen) atoms. The van der Waals surface area contributed by atoms with Crippen molar-refractivity contribution in [2.45, 2.75) is 13.1 Å². The molecule has 1 aromatic heterocycles. The average Bonchev–Trinajstić information content (AvgIpc) is 2.92. The Morgan fingerprint density at radius 1 is 1.10 bits per heavy atom. The molecule has 0 atom stereocenters. The van der Waals surface area contributed by atoms with E-state index in [0.29, 0.717) is 18.7 Å². The molecule has 0 aliphatic rings. The summed E-state index contributed by atoms with van der Waals surface area (Å²) in [5, 5.41) is 9.99. The number of hydrogen-bond donors (Lipinski definition) is 1. The van der Waals surface area contributed by atoms with Crippen molar-refractivity contribution in [2.75, 3.05) is 0 Å². The first kappa shape index (κ1) is 13.3.